The second-order valence-electron chi connectivity index (χ2n) is 5.44. The molecule has 126 valence electrons. The number of nitrogens with two attached hydrogens (primary N) is 1. The predicted molar refractivity (Wildman–Crippen MR) is 91.1 cm³/mol. The van der Waals surface area contributed by atoms with Gasteiger partial charge in [0.05, 0.1) is 7.11 Å². The SMILES string of the molecule is C=CC1=C(C(=O)OCc2ccc(OC)cc2)N2C(=O)C(N)[C@@H]2SC1. The number of rotatable bonds is 5. The fraction of sp³-hybridized carbons (Fsp3) is 0.294. The van der Waals surface area contributed by atoms with Crippen LogP contribution in [0.25, 0.3) is 0 Å². The third-order valence-corrected chi connectivity index (χ3v) is 5.33. The van der Waals surface area contributed by atoms with Gasteiger partial charge in [-0.3, -0.25) is 9.69 Å². The fourth-order valence-corrected chi connectivity index (χ4v) is 3.91. The number of hydrogen-bond acceptors (Lipinski definition) is 6. The molecule has 1 aromatic rings. The normalized spacial score (nSPS) is 22.6. The maximum absolute atomic E-state index is 12.5. The number of carbonyl (C=O) groups is 2. The zero-order valence-corrected chi connectivity index (χ0v) is 14.0. The number of fused-ring (bicyclic) bond motifs is 1. The van der Waals surface area contributed by atoms with Crippen molar-refractivity contribution in [3.05, 3.63) is 53.8 Å². The first-order valence-corrected chi connectivity index (χ1v) is 8.47. The summed E-state index contributed by atoms with van der Waals surface area (Å²) >= 11 is 1.53. The lowest BCUT2D eigenvalue weighted by atomic mass is 10.0. The van der Waals surface area contributed by atoms with Gasteiger partial charge in [0.15, 0.2) is 0 Å². The summed E-state index contributed by atoms with van der Waals surface area (Å²) in [5.74, 6) is 0.516. The van der Waals surface area contributed by atoms with Crippen LogP contribution in [0.4, 0.5) is 0 Å². The largest absolute Gasteiger partial charge is 0.497 e. The molecule has 24 heavy (non-hydrogen) atoms. The van der Waals surface area contributed by atoms with Crippen LogP contribution in [-0.4, -0.2) is 41.1 Å². The maximum atomic E-state index is 12.5. The molecule has 1 amide bonds. The molecule has 1 aromatic carbocycles. The summed E-state index contributed by atoms with van der Waals surface area (Å²) in [5.41, 5.74) is 7.57. The van der Waals surface area contributed by atoms with Crippen LogP contribution in [0.15, 0.2) is 48.2 Å². The molecule has 6 nitrogen and oxygen atoms in total. The van der Waals surface area contributed by atoms with Crippen molar-refractivity contribution in [3.8, 4) is 5.75 Å². The van der Waals surface area contributed by atoms with Crippen molar-refractivity contribution in [2.75, 3.05) is 12.9 Å². The number of thioether (sulfide) groups is 1. The molecule has 2 heterocycles. The number of hydrogen-bond donors (Lipinski definition) is 1. The summed E-state index contributed by atoms with van der Waals surface area (Å²) in [7, 11) is 1.59. The molecule has 0 spiro atoms. The van der Waals surface area contributed by atoms with E-state index in [1.165, 1.54) is 16.7 Å². The van der Waals surface area contributed by atoms with Gasteiger partial charge in [-0.2, -0.15) is 0 Å². The van der Waals surface area contributed by atoms with E-state index in [2.05, 4.69) is 6.58 Å². The van der Waals surface area contributed by atoms with Crippen molar-refractivity contribution in [1.29, 1.82) is 0 Å². The van der Waals surface area contributed by atoms with E-state index >= 15 is 0 Å². The number of ether oxygens (including phenoxy) is 2. The van der Waals surface area contributed by atoms with Crippen molar-refractivity contribution in [3.63, 3.8) is 0 Å². The van der Waals surface area contributed by atoms with Gasteiger partial charge in [-0.05, 0) is 23.3 Å². The molecule has 1 fully saturated rings. The van der Waals surface area contributed by atoms with Gasteiger partial charge in [0.25, 0.3) is 0 Å². The number of amides is 1. The second kappa shape index (κ2) is 6.70. The molecule has 2 aliphatic rings. The minimum absolute atomic E-state index is 0.114. The molecule has 0 aliphatic carbocycles. The van der Waals surface area contributed by atoms with Crippen molar-refractivity contribution in [2.24, 2.45) is 5.73 Å². The van der Waals surface area contributed by atoms with Crippen LogP contribution in [0.5, 0.6) is 5.75 Å². The number of benzene rings is 1. The van der Waals surface area contributed by atoms with Crippen LogP contribution in [0, 0.1) is 0 Å². The Hall–Kier alpha value is -2.25. The minimum Gasteiger partial charge on any atom is -0.497 e. The summed E-state index contributed by atoms with van der Waals surface area (Å²) < 4.78 is 10.5. The number of carbonyl (C=O) groups excluding carboxylic acids is 2. The fourth-order valence-electron chi connectivity index (χ4n) is 2.62. The van der Waals surface area contributed by atoms with Crippen molar-refractivity contribution in [2.45, 2.75) is 18.0 Å². The van der Waals surface area contributed by atoms with E-state index in [9.17, 15) is 9.59 Å². The third kappa shape index (κ3) is 2.81. The van der Waals surface area contributed by atoms with Crippen LogP contribution in [0.1, 0.15) is 5.56 Å². The lowest BCUT2D eigenvalue weighted by Crippen LogP contribution is -2.68. The highest BCUT2D eigenvalue weighted by Crippen LogP contribution is 2.40. The van der Waals surface area contributed by atoms with Gasteiger partial charge in [-0.25, -0.2) is 4.79 Å². The van der Waals surface area contributed by atoms with Gasteiger partial charge in [0.1, 0.15) is 29.5 Å². The smallest absolute Gasteiger partial charge is 0.355 e. The van der Waals surface area contributed by atoms with Crippen LogP contribution in [0.3, 0.4) is 0 Å². The number of β-lactam (4-membered cyclic amide) rings is 1. The number of methoxy groups -OCH3 is 1. The van der Waals surface area contributed by atoms with Gasteiger partial charge in [-0.1, -0.05) is 24.8 Å². The number of allylic oxidation sites excluding steroid dienone is 1. The Morgan fingerprint density at radius 2 is 2.17 bits per heavy atom. The molecule has 3 rings (SSSR count). The van der Waals surface area contributed by atoms with Gasteiger partial charge in [-0.15, -0.1) is 11.8 Å². The average molecular weight is 346 g/mol. The van der Waals surface area contributed by atoms with Crippen LogP contribution in [-0.2, 0) is 20.9 Å². The highest BCUT2D eigenvalue weighted by atomic mass is 32.2. The Morgan fingerprint density at radius 3 is 2.79 bits per heavy atom. The molecular formula is C17H18N2O4S. The van der Waals surface area contributed by atoms with Crippen molar-refractivity contribution >= 4 is 23.6 Å². The summed E-state index contributed by atoms with van der Waals surface area (Å²) in [5, 5.41) is -0.204. The monoisotopic (exact) mass is 346 g/mol. The average Bonchev–Trinajstić information content (AvgIpc) is 2.64. The third-order valence-electron chi connectivity index (χ3n) is 4.01. The number of nitrogens with zero attached hydrogens (tertiary/aromatic N) is 1. The van der Waals surface area contributed by atoms with Crippen LogP contribution < -0.4 is 10.5 Å². The topological polar surface area (TPSA) is 81.9 Å². The first-order chi connectivity index (χ1) is 11.6. The Labute approximate surface area is 144 Å². The molecule has 2 aliphatic heterocycles. The molecular weight excluding hydrogens is 328 g/mol. The molecule has 1 saturated heterocycles. The minimum atomic E-state index is -0.564. The molecule has 0 radical (unpaired) electrons. The summed E-state index contributed by atoms with van der Waals surface area (Å²) in [6.07, 6.45) is 1.59. The maximum Gasteiger partial charge on any atom is 0.355 e. The van der Waals surface area contributed by atoms with Gasteiger partial charge in [0, 0.05) is 5.75 Å². The quantitative estimate of drug-likeness (QED) is 0.641. The Balaban J connectivity index is 1.73. The summed E-state index contributed by atoms with van der Waals surface area (Å²) in [4.78, 5) is 25.9. The van der Waals surface area contributed by atoms with E-state index in [-0.39, 0.29) is 23.6 Å². The zero-order chi connectivity index (χ0) is 17.3. The molecule has 2 atom stereocenters. The van der Waals surface area contributed by atoms with E-state index in [0.29, 0.717) is 11.3 Å². The highest BCUT2D eigenvalue weighted by Gasteiger charge is 2.51. The molecule has 1 unspecified atom stereocenters. The predicted octanol–water partition coefficient (Wildman–Crippen LogP) is 1.42. The zero-order valence-electron chi connectivity index (χ0n) is 13.2. The van der Waals surface area contributed by atoms with Crippen LogP contribution >= 0.6 is 11.8 Å². The second-order valence-corrected chi connectivity index (χ2v) is 6.54. The first kappa shape index (κ1) is 16.6. The van der Waals surface area contributed by atoms with Gasteiger partial charge < -0.3 is 15.2 Å². The molecule has 0 saturated carbocycles. The van der Waals surface area contributed by atoms with Gasteiger partial charge in [0.2, 0.25) is 5.91 Å². The highest BCUT2D eigenvalue weighted by molar-refractivity contribution is 8.00. The number of esters is 1. The van der Waals surface area contributed by atoms with Crippen molar-refractivity contribution in [1.82, 2.24) is 4.90 Å². The summed E-state index contributed by atoms with van der Waals surface area (Å²) in [6.45, 7) is 3.83. The Kier molecular flexibility index (Phi) is 4.64. The van der Waals surface area contributed by atoms with Crippen LogP contribution in [0.2, 0.25) is 0 Å². The summed E-state index contributed by atoms with van der Waals surface area (Å²) in [6, 6.07) is 6.66. The van der Waals surface area contributed by atoms with E-state index in [4.69, 9.17) is 15.2 Å². The van der Waals surface area contributed by atoms with E-state index in [1.54, 1.807) is 25.3 Å². The van der Waals surface area contributed by atoms with E-state index in [0.717, 1.165) is 11.3 Å². The molecule has 0 aromatic heterocycles. The first-order valence-electron chi connectivity index (χ1n) is 7.42. The Bertz CT molecular complexity index is 714. The lowest BCUT2D eigenvalue weighted by molar-refractivity contribution is -0.151. The van der Waals surface area contributed by atoms with E-state index < -0.39 is 12.0 Å². The standard InChI is InChI=1S/C17H18N2O4S/c1-3-11-9-24-16-13(18)15(20)19(16)14(11)17(21)23-8-10-4-6-12(22-2)7-5-10/h3-7,13,16H,1,8-9,18H2,2H3/t13?,16-/m0/s1. The van der Waals surface area contributed by atoms with Crippen molar-refractivity contribution < 1.29 is 19.1 Å². The van der Waals surface area contributed by atoms with Gasteiger partial charge >= 0.3 is 5.97 Å². The molecule has 0 bridgehead atoms. The lowest BCUT2D eigenvalue weighted by Gasteiger charge is -2.48. The molecule has 2 N–H and O–H groups in total. The van der Waals surface area contributed by atoms with E-state index in [1.807, 2.05) is 12.1 Å². The Morgan fingerprint density at radius 1 is 1.46 bits per heavy atom. The molecule has 7 heteroatoms.